The zero-order valence-corrected chi connectivity index (χ0v) is 12.0. The fourth-order valence-corrected chi connectivity index (χ4v) is 3.55. The summed E-state index contributed by atoms with van der Waals surface area (Å²) in [4.78, 5) is 0.0245. The number of methoxy groups -OCH3 is 2. The summed E-state index contributed by atoms with van der Waals surface area (Å²) < 4.78 is 36.0. The summed E-state index contributed by atoms with van der Waals surface area (Å²) in [6.07, 6.45) is -2.13. The number of hydrogen-bond donors (Lipinski definition) is 2. The van der Waals surface area contributed by atoms with E-state index >= 15 is 0 Å². The molecule has 1 fully saturated rings. The molecule has 2 rings (SSSR count). The van der Waals surface area contributed by atoms with Gasteiger partial charge in [0.25, 0.3) is 0 Å². The summed E-state index contributed by atoms with van der Waals surface area (Å²) in [6.45, 7) is -0.254. The molecule has 2 atom stereocenters. The molecule has 0 aliphatic carbocycles. The van der Waals surface area contributed by atoms with Crippen LogP contribution < -0.4 is 9.47 Å². The smallest absolute Gasteiger partial charge is 0.243 e. The van der Waals surface area contributed by atoms with Crippen LogP contribution in [0.3, 0.4) is 0 Å². The second-order valence-electron chi connectivity index (χ2n) is 4.47. The molecular weight excluding hydrogens is 286 g/mol. The van der Waals surface area contributed by atoms with Crippen LogP contribution in [0.1, 0.15) is 0 Å². The van der Waals surface area contributed by atoms with E-state index < -0.39 is 22.2 Å². The summed E-state index contributed by atoms with van der Waals surface area (Å²) in [5, 5.41) is 18.9. The lowest BCUT2D eigenvalue weighted by molar-refractivity contribution is 0.0572. The molecule has 1 saturated heterocycles. The minimum absolute atomic E-state index is 0.0245. The van der Waals surface area contributed by atoms with Crippen LogP contribution in [0.15, 0.2) is 23.1 Å². The maximum Gasteiger partial charge on any atom is 0.243 e. The Balaban J connectivity index is 2.35. The number of aliphatic hydroxyl groups excluding tert-OH is 2. The van der Waals surface area contributed by atoms with Gasteiger partial charge < -0.3 is 19.7 Å². The van der Waals surface area contributed by atoms with E-state index in [2.05, 4.69) is 0 Å². The largest absolute Gasteiger partial charge is 0.493 e. The number of nitrogens with zero attached hydrogens (tertiary/aromatic N) is 1. The molecule has 1 aromatic rings. The summed E-state index contributed by atoms with van der Waals surface area (Å²) in [7, 11) is -0.912. The molecule has 0 radical (unpaired) electrons. The predicted octanol–water partition coefficient (Wildman–Crippen LogP) is -0.570. The molecule has 1 aromatic carbocycles. The normalized spacial score (nSPS) is 23.8. The Morgan fingerprint density at radius 1 is 1.10 bits per heavy atom. The van der Waals surface area contributed by atoms with E-state index in [0.717, 1.165) is 4.31 Å². The van der Waals surface area contributed by atoms with Crippen LogP contribution >= 0.6 is 0 Å². The lowest BCUT2D eigenvalue weighted by Gasteiger charge is -2.16. The highest BCUT2D eigenvalue weighted by Crippen LogP contribution is 2.31. The topological polar surface area (TPSA) is 96.3 Å². The first-order chi connectivity index (χ1) is 9.40. The minimum atomic E-state index is -3.78. The first kappa shape index (κ1) is 15.0. The Morgan fingerprint density at radius 3 is 2.15 bits per heavy atom. The Kier molecular flexibility index (Phi) is 4.19. The maximum absolute atomic E-state index is 12.4. The van der Waals surface area contributed by atoms with Gasteiger partial charge >= 0.3 is 0 Å². The Morgan fingerprint density at radius 2 is 1.65 bits per heavy atom. The number of benzene rings is 1. The van der Waals surface area contributed by atoms with Crippen LogP contribution in [-0.4, -0.2) is 62.5 Å². The summed E-state index contributed by atoms with van der Waals surface area (Å²) in [5.74, 6) is 0.724. The second-order valence-corrected chi connectivity index (χ2v) is 6.41. The Bertz CT molecular complexity index is 578. The number of rotatable bonds is 4. The minimum Gasteiger partial charge on any atom is -0.493 e. The summed E-state index contributed by atoms with van der Waals surface area (Å²) in [5.41, 5.74) is 0. The van der Waals surface area contributed by atoms with E-state index in [-0.39, 0.29) is 18.0 Å². The highest BCUT2D eigenvalue weighted by molar-refractivity contribution is 7.89. The third kappa shape index (κ3) is 2.59. The van der Waals surface area contributed by atoms with Crippen molar-refractivity contribution in [2.45, 2.75) is 17.1 Å². The molecule has 0 aromatic heterocycles. The number of sulfonamides is 1. The van der Waals surface area contributed by atoms with Crippen LogP contribution in [0, 0.1) is 0 Å². The number of ether oxygens (including phenoxy) is 2. The van der Waals surface area contributed by atoms with Crippen LogP contribution in [-0.2, 0) is 10.0 Å². The van der Waals surface area contributed by atoms with E-state index in [1.54, 1.807) is 0 Å². The average molecular weight is 303 g/mol. The van der Waals surface area contributed by atoms with Crippen molar-refractivity contribution in [3.63, 3.8) is 0 Å². The van der Waals surface area contributed by atoms with E-state index in [9.17, 15) is 18.6 Å². The van der Waals surface area contributed by atoms with Crippen molar-refractivity contribution in [1.82, 2.24) is 4.31 Å². The summed E-state index contributed by atoms with van der Waals surface area (Å²) in [6, 6.07) is 4.24. The summed E-state index contributed by atoms with van der Waals surface area (Å²) >= 11 is 0. The first-order valence-corrected chi connectivity index (χ1v) is 7.42. The van der Waals surface area contributed by atoms with Crippen LogP contribution in [0.4, 0.5) is 0 Å². The van der Waals surface area contributed by atoms with Crippen molar-refractivity contribution in [2.24, 2.45) is 0 Å². The molecule has 1 aliphatic rings. The zero-order valence-electron chi connectivity index (χ0n) is 11.2. The maximum atomic E-state index is 12.4. The van der Waals surface area contributed by atoms with Gasteiger partial charge in [0.15, 0.2) is 11.5 Å². The lowest BCUT2D eigenvalue weighted by atomic mass is 10.3. The van der Waals surface area contributed by atoms with E-state index in [1.165, 1.54) is 32.4 Å². The number of hydrogen-bond acceptors (Lipinski definition) is 6. The monoisotopic (exact) mass is 303 g/mol. The van der Waals surface area contributed by atoms with Crippen LogP contribution in [0.2, 0.25) is 0 Å². The van der Waals surface area contributed by atoms with Crippen molar-refractivity contribution in [3.8, 4) is 11.5 Å². The molecule has 1 heterocycles. The van der Waals surface area contributed by atoms with Crippen molar-refractivity contribution in [3.05, 3.63) is 18.2 Å². The molecule has 1 aliphatic heterocycles. The fraction of sp³-hybridized carbons (Fsp3) is 0.500. The molecule has 0 amide bonds. The third-order valence-electron chi connectivity index (χ3n) is 3.22. The van der Waals surface area contributed by atoms with Crippen molar-refractivity contribution in [2.75, 3.05) is 27.3 Å². The first-order valence-electron chi connectivity index (χ1n) is 5.98. The van der Waals surface area contributed by atoms with E-state index in [4.69, 9.17) is 9.47 Å². The number of β-amino-alcohol motifs (C(OH)–C–C–N with tert-alkyl or cyclic N) is 2. The molecular formula is C12H17NO6S. The van der Waals surface area contributed by atoms with Gasteiger partial charge in [-0.1, -0.05) is 0 Å². The molecule has 20 heavy (non-hydrogen) atoms. The van der Waals surface area contributed by atoms with Gasteiger partial charge in [0.05, 0.1) is 31.3 Å². The van der Waals surface area contributed by atoms with Gasteiger partial charge in [-0.25, -0.2) is 8.42 Å². The average Bonchev–Trinajstić information content (AvgIpc) is 2.78. The van der Waals surface area contributed by atoms with Gasteiger partial charge in [-0.15, -0.1) is 0 Å². The van der Waals surface area contributed by atoms with Gasteiger partial charge in [0, 0.05) is 19.2 Å². The predicted molar refractivity (Wildman–Crippen MR) is 70.3 cm³/mol. The zero-order chi connectivity index (χ0) is 14.9. The molecule has 0 saturated carbocycles. The second kappa shape index (κ2) is 5.57. The van der Waals surface area contributed by atoms with E-state index in [0.29, 0.717) is 11.5 Å². The van der Waals surface area contributed by atoms with Gasteiger partial charge in [-0.3, -0.25) is 0 Å². The van der Waals surface area contributed by atoms with Gasteiger partial charge in [0.1, 0.15) is 0 Å². The third-order valence-corrected chi connectivity index (χ3v) is 5.05. The number of aliphatic hydroxyl groups is 2. The van der Waals surface area contributed by atoms with Gasteiger partial charge in [0.2, 0.25) is 10.0 Å². The fourth-order valence-electron chi connectivity index (χ4n) is 2.06. The lowest BCUT2D eigenvalue weighted by Crippen LogP contribution is -2.30. The highest BCUT2D eigenvalue weighted by Gasteiger charge is 2.37. The van der Waals surface area contributed by atoms with Gasteiger partial charge in [-0.05, 0) is 12.1 Å². The van der Waals surface area contributed by atoms with E-state index in [1.807, 2.05) is 0 Å². The van der Waals surface area contributed by atoms with Crippen molar-refractivity contribution >= 4 is 10.0 Å². The van der Waals surface area contributed by atoms with Gasteiger partial charge in [-0.2, -0.15) is 4.31 Å². The molecule has 2 unspecified atom stereocenters. The molecule has 0 spiro atoms. The van der Waals surface area contributed by atoms with Crippen LogP contribution in [0.5, 0.6) is 11.5 Å². The Hall–Kier alpha value is -1.35. The highest BCUT2D eigenvalue weighted by atomic mass is 32.2. The molecule has 8 heteroatoms. The quantitative estimate of drug-likeness (QED) is 0.773. The van der Waals surface area contributed by atoms with Crippen molar-refractivity contribution in [1.29, 1.82) is 0 Å². The molecule has 2 N–H and O–H groups in total. The molecule has 0 bridgehead atoms. The SMILES string of the molecule is COc1ccc(S(=O)(=O)N2CC(O)C(O)C2)cc1OC. The standard InChI is InChI=1S/C12H17NO6S/c1-18-11-4-3-8(5-12(11)19-2)20(16,17)13-6-9(14)10(15)7-13/h3-5,9-10,14-15H,6-7H2,1-2H3. The van der Waals surface area contributed by atoms with Crippen molar-refractivity contribution < 1.29 is 28.1 Å². The Labute approximate surface area is 117 Å². The molecule has 7 nitrogen and oxygen atoms in total. The molecule has 112 valence electrons. The van der Waals surface area contributed by atoms with Crippen LogP contribution in [0.25, 0.3) is 0 Å².